The van der Waals surface area contributed by atoms with E-state index in [1.807, 2.05) is 12.1 Å². The molecule has 3 N–H and O–H groups in total. The Labute approximate surface area is 113 Å². The number of benzene rings is 2. The Kier molecular flexibility index (Phi) is 2.72. The van der Waals surface area contributed by atoms with Crippen LogP contribution in [0.1, 0.15) is 0 Å². The van der Waals surface area contributed by atoms with Gasteiger partial charge in [0, 0.05) is 10.9 Å². The lowest BCUT2D eigenvalue weighted by Gasteiger charge is -2.07. The topological polar surface area (TPSA) is 67.6 Å². The lowest BCUT2D eigenvalue weighted by Crippen LogP contribution is -2.00. The number of rotatable bonds is 1. The van der Waals surface area contributed by atoms with E-state index < -0.39 is 0 Å². The number of nitrogens with zero attached hydrogens (tertiary/aromatic N) is 2. The Balaban J connectivity index is 2.37. The summed E-state index contributed by atoms with van der Waals surface area (Å²) < 4.78 is 13.9. The highest BCUT2D eigenvalue weighted by molar-refractivity contribution is 7.71. The number of aromatic amines is 1. The lowest BCUT2D eigenvalue weighted by molar-refractivity contribution is 0.640. The molecule has 0 aliphatic heterocycles. The molecule has 1 heterocycles. The molecule has 0 aliphatic carbocycles. The number of aromatic nitrogens is 3. The van der Waals surface area contributed by atoms with E-state index in [1.165, 1.54) is 6.07 Å². The number of fused-ring (bicyclic) bond motifs is 1. The molecule has 19 heavy (non-hydrogen) atoms. The summed E-state index contributed by atoms with van der Waals surface area (Å²) in [7, 11) is 0. The smallest absolute Gasteiger partial charge is 0.224 e. The van der Waals surface area contributed by atoms with Crippen molar-refractivity contribution in [2.45, 2.75) is 0 Å². The second-order valence-electron chi connectivity index (χ2n) is 4.01. The maximum Gasteiger partial charge on any atom is 0.224 e. The fraction of sp³-hybridized carbons (Fsp3) is 0. The predicted octanol–water partition coefficient (Wildman–Crippen LogP) is 3.08. The average molecular weight is 272 g/mol. The molecule has 1 aromatic heterocycles. The SMILES string of the molecule is Nc1nc(=S)nc(-c2ccc(F)c3ccccc23)[nH]1. The molecule has 0 spiro atoms. The van der Waals surface area contributed by atoms with E-state index >= 15 is 0 Å². The van der Waals surface area contributed by atoms with Crippen LogP contribution in [0.3, 0.4) is 0 Å². The predicted molar refractivity (Wildman–Crippen MR) is 74.5 cm³/mol. The molecule has 4 nitrogen and oxygen atoms in total. The molecule has 0 radical (unpaired) electrons. The molecule has 2 aromatic carbocycles. The monoisotopic (exact) mass is 272 g/mol. The number of halogens is 1. The minimum Gasteiger partial charge on any atom is -0.369 e. The first-order valence-corrected chi connectivity index (χ1v) is 5.97. The summed E-state index contributed by atoms with van der Waals surface area (Å²) in [5, 5.41) is 1.27. The zero-order valence-electron chi connectivity index (χ0n) is 9.72. The molecule has 0 unspecified atom stereocenters. The van der Waals surface area contributed by atoms with Crippen molar-refractivity contribution < 1.29 is 4.39 Å². The average Bonchev–Trinajstić information content (AvgIpc) is 2.38. The minimum atomic E-state index is -0.278. The molecule has 3 rings (SSSR count). The largest absolute Gasteiger partial charge is 0.369 e. The van der Waals surface area contributed by atoms with Crippen molar-refractivity contribution >= 4 is 28.9 Å². The van der Waals surface area contributed by atoms with Crippen LogP contribution in [-0.4, -0.2) is 15.0 Å². The maximum absolute atomic E-state index is 13.8. The number of hydrogen-bond acceptors (Lipinski definition) is 4. The molecule has 3 aromatic rings. The van der Waals surface area contributed by atoms with Crippen LogP contribution < -0.4 is 5.73 Å². The fourth-order valence-corrected chi connectivity index (χ4v) is 2.19. The number of nitrogen functional groups attached to an aromatic ring is 1. The van der Waals surface area contributed by atoms with Gasteiger partial charge in [0.1, 0.15) is 11.6 Å². The number of hydrogen-bond donors (Lipinski definition) is 2. The van der Waals surface area contributed by atoms with Gasteiger partial charge in [0.25, 0.3) is 0 Å². The summed E-state index contributed by atoms with van der Waals surface area (Å²) in [6, 6.07) is 10.2. The van der Waals surface area contributed by atoms with Crippen molar-refractivity contribution in [1.82, 2.24) is 15.0 Å². The summed E-state index contributed by atoms with van der Waals surface area (Å²) in [4.78, 5) is 10.8. The quantitative estimate of drug-likeness (QED) is 0.668. The number of anilines is 1. The minimum absolute atomic E-state index is 0.152. The molecule has 0 saturated carbocycles. The Morgan fingerprint density at radius 3 is 2.53 bits per heavy atom. The van der Waals surface area contributed by atoms with Crippen LogP contribution in [0.25, 0.3) is 22.2 Å². The van der Waals surface area contributed by atoms with Gasteiger partial charge in [0.2, 0.25) is 10.7 Å². The van der Waals surface area contributed by atoms with Crippen molar-refractivity contribution in [2.24, 2.45) is 0 Å². The highest BCUT2D eigenvalue weighted by Crippen LogP contribution is 2.28. The Morgan fingerprint density at radius 2 is 1.79 bits per heavy atom. The van der Waals surface area contributed by atoms with Gasteiger partial charge >= 0.3 is 0 Å². The molecule has 6 heteroatoms. The van der Waals surface area contributed by atoms with Gasteiger partial charge in [-0.2, -0.15) is 4.98 Å². The molecule has 0 fully saturated rings. The van der Waals surface area contributed by atoms with Crippen LogP contribution in [0.4, 0.5) is 10.3 Å². The van der Waals surface area contributed by atoms with Gasteiger partial charge in [-0.3, -0.25) is 0 Å². The Morgan fingerprint density at radius 1 is 1.05 bits per heavy atom. The molecular weight excluding hydrogens is 263 g/mol. The van der Waals surface area contributed by atoms with Gasteiger partial charge in [-0.15, -0.1) is 0 Å². The second kappa shape index (κ2) is 4.40. The summed E-state index contributed by atoms with van der Waals surface area (Å²) in [5.41, 5.74) is 6.36. The van der Waals surface area contributed by atoms with E-state index in [0.717, 1.165) is 10.9 Å². The van der Waals surface area contributed by atoms with E-state index in [-0.39, 0.29) is 16.5 Å². The third-order valence-electron chi connectivity index (χ3n) is 2.80. The van der Waals surface area contributed by atoms with Crippen molar-refractivity contribution in [1.29, 1.82) is 0 Å². The van der Waals surface area contributed by atoms with Gasteiger partial charge in [0.15, 0.2) is 0 Å². The first-order chi connectivity index (χ1) is 9.15. The first kappa shape index (κ1) is 11.7. The van der Waals surface area contributed by atoms with Gasteiger partial charge in [-0.1, -0.05) is 24.3 Å². The molecular formula is C13H9FN4S. The van der Waals surface area contributed by atoms with Crippen LogP contribution in [0.2, 0.25) is 0 Å². The number of nitrogens with two attached hydrogens (primary N) is 1. The van der Waals surface area contributed by atoms with E-state index in [0.29, 0.717) is 11.2 Å². The van der Waals surface area contributed by atoms with Gasteiger partial charge < -0.3 is 10.7 Å². The fourth-order valence-electron chi connectivity index (χ4n) is 2.00. The molecule has 0 amide bonds. The van der Waals surface area contributed by atoms with Gasteiger partial charge in [-0.25, -0.2) is 9.37 Å². The van der Waals surface area contributed by atoms with Crippen LogP contribution in [0.15, 0.2) is 36.4 Å². The van der Waals surface area contributed by atoms with E-state index in [4.69, 9.17) is 18.0 Å². The summed E-state index contributed by atoms with van der Waals surface area (Å²) in [6.07, 6.45) is 0. The van der Waals surface area contributed by atoms with Crippen LogP contribution in [-0.2, 0) is 0 Å². The molecule has 0 saturated heterocycles. The highest BCUT2D eigenvalue weighted by Gasteiger charge is 2.09. The normalized spacial score (nSPS) is 10.8. The molecule has 94 valence electrons. The summed E-state index contributed by atoms with van der Waals surface area (Å²) in [5.74, 6) is 0.386. The third-order valence-corrected chi connectivity index (χ3v) is 2.98. The van der Waals surface area contributed by atoms with Crippen LogP contribution in [0, 0.1) is 10.6 Å². The van der Waals surface area contributed by atoms with Crippen molar-refractivity contribution in [3.8, 4) is 11.4 Å². The molecule has 0 atom stereocenters. The lowest BCUT2D eigenvalue weighted by atomic mass is 10.0. The number of H-pyrrole nitrogens is 1. The van der Waals surface area contributed by atoms with E-state index in [1.54, 1.807) is 18.2 Å². The maximum atomic E-state index is 13.8. The van der Waals surface area contributed by atoms with E-state index in [2.05, 4.69) is 15.0 Å². The van der Waals surface area contributed by atoms with E-state index in [9.17, 15) is 4.39 Å². The zero-order valence-corrected chi connectivity index (χ0v) is 10.5. The van der Waals surface area contributed by atoms with Gasteiger partial charge in [0.05, 0.1) is 0 Å². The third kappa shape index (κ3) is 2.06. The molecule has 0 bridgehead atoms. The van der Waals surface area contributed by atoms with Gasteiger partial charge in [-0.05, 0) is 29.7 Å². The second-order valence-corrected chi connectivity index (χ2v) is 4.37. The molecule has 0 aliphatic rings. The standard InChI is InChI=1S/C13H9FN4S/c14-10-6-5-9(7-3-1-2-4-8(7)10)11-16-12(15)18-13(19)17-11/h1-6H,(H3,15,16,17,18,19). The Hall–Kier alpha value is -2.34. The number of nitrogens with one attached hydrogen (secondary N) is 1. The zero-order chi connectivity index (χ0) is 13.4. The van der Waals surface area contributed by atoms with Crippen LogP contribution in [0.5, 0.6) is 0 Å². The Bertz CT molecular complexity index is 828. The summed E-state index contributed by atoms with van der Waals surface area (Å²) >= 11 is 4.94. The van der Waals surface area contributed by atoms with Crippen molar-refractivity contribution in [2.75, 3.05) is 5.73 Å². The van der Waals surface area contributed by atoms with Crippen LogP contribution >= 0.6 is 12.2 Å². The van der Waals surface area contributed by atoms with Crippen molar-refractivity contribution in [3.63, 3.8) is 0 Å². The van der Waals surface area contributed by atoms with Crippen molar-refractivity contribution in [3.05, 3.63) is 47.0 Å². The highest BCUT2D eigenvalue weighted by atomic mass is 32.1. The summed E-state index contributed by atoms with van der Waals surface area (Å²) in [6.45, 7) is 0. The first-order valence-electron chi connectivity index (χ1n) is 5.56.